The molecule has 0 bridgehead atoms. The van der Waals surface area contributed by atoms with E-state index < -0.39 is 10.4 Å². The molecular formula is C19H20N4O5S. The van der Waals surface area contributed by atoms with Crippen molar-refractivity contribution in [2.24, 2.45) is 0 Å². The highest BCUT2D eigenvalue weighted by atomic mass is 32.3. The fourth-order valence-electron chi connectivity index (χ4n) is 3.23. The summed E-state index contributed by atoms with van der Waals surface area (Å²) in [5, 5.41) is 4.36. The van der Waals surface area contributed by atoms with Crippen molar-refractivity contribution in [2.45, 2.75) is 18.0 Å². The van der Waals surface area contributed by atoms with Crippen molar-refractivity contribution in [3.8, 4) is 17.2 Å². The number of sulfonamides is 1. The third-order valence-corrected chi connectivity index (χ3v) is 6.67. The molecule has 0 radical (unpaired) electrons. The highest BCUT2D eigenvalue weighted by Crippen LogP contribution is 2.27. The molecule has 1 aliphatic rings. The maximum Gasteiger partial charge on any atom is 0.350 e. The van der Waals surface area contributed by atoms with Gasteiger partial charge in [-0.3, -0.25) is 4.57 Å². The van der Waals surface area contributed by atoms with Crippen LogP contribution in [0.15, 0.2) is 58.2 Å². The SMILES string of the molecule is COc1ccc(-n2nc3n(c2=O)CCN([S+](=O)([O-])c2cccc(OC)c2)C3)cc1. The van der Waals surface area contributed by atoms with E-state index in [0.29, 0.717) is 23.0 Å². The number of hydrogen-bond acceptors (Lipinski definition) is 6. The van der Waals surface area contributed by atoms with Crippen molar-refractivity contribution in [3.05, 3.63) is 64.8 Å². The van der Waals surface area contributed by atoms with Crippen molar-refractivity contribution in [2.75, 3.05) is 20.8 Å². The molecule has 3 aromatic rings. The lowest BCUT2D eigenvalue weighted by atomic mass is 10.3. The molecule has 1 aliphatic heterocycles. The molecule has 1 atom stereocenters. The molecule has 0 amide bonds. The first-order valence-corrected chi connectivity index (χ1v) is 10.4. The van der Waals surface area contributed by atoms with E-state index in [0.717, 1.165) is 0 Å². The molecule has 152 valence electrons. The zero-order chi connectivity index (χ0) is 20.6. The number of nitrogens with zero attached hydrogens (tertiary/aromatic N) is 4. The van der Waals surface area contributed by atoms with Gasteiger partial charge >= 0.3 is 5.69 Å². The van der Waals surface area contributed by atoms with Crippen LogP contribution in [0.5, 0.6) is 11.5 Å². The molecule has 1 aromatic heterocycles. The number of rotatable bonds is 5. The molecule has 10 heteroatoms. The van der Waals surface area contributed by atoms with Gasteiger partial charge in [0.25, 0.3) is 0 Å². The summed E-state index contributed by atoms with van der Waals surface area (Å²) in [7, 11) is -0.696. The topological polar surface area (TPSA) is 102 Å². The van der Waals surface area contributed by atoms with Crippen LogP contribution in [-0.2, 0) is 27.7 Å². The molecule has 0 fully saturated rings. The highest BCUT2D eigenvalue weighted by Gasteiger charge is 2.35. The van der Waals surface area contributed by atoms with E-state index in [-0.39, 0.29) is 30.2 Å². The molecule has 0 saturated heterocycles. The Morgan fingerprint density at radius 2 is 1.76 bits per heavy atom. The normalized spacial score (nSPS) is 16.1. The third-order valence-electron chi connectivity index (χ3n) is 4.83. The van der Waals surface area contributed by atoms with Crippen LogP contribution in [-0.4, -0.2) is 44.0 Å². The van der Waals surface area contributed by atoms with Crippen LogP contribution in [0.1, 0.15) is 5.82 Å². The minimum Gasteiger partial charge on any atom is -0.593 e. The Hall–Kier alpha value is -2.95. The first kappa shape index (κ1) is 19.4. The van der Waals surface area contributed by atoms with Crippen molar-refractivity contribution in [1.82, 2.24) is 18.7 Å². The standard InChI is InChI=1S/C19H20N4O5S/c1-27-15-8-6-14(7-9-15)23-19(24)22-11-10-21(13-18(22)20-23)29(25,26)17-5-3-4-16(12-17)28-2/h3-9,12H,10-11,13H2,1-2H3. The fourth-order valence-corrected chi connectivity index (χ4v) is 4.66. The first-order valence-electron chi connectivity index (χ1n) is 8.91. The lowest BCUT2D eigenvalue weighted by molar-refractivity contribution is 0.299. The van der Waals surface area contributed by atoms with Crippen molar-refractivity contribution in [1.29, 1.82) is 0 Å². The van der Waals surface area contributed by atoms with Crippen molar-refractivity contribution >= 4 is 10.4 Å². The largest absolute Gasteiger partial charge is 0.593 e. The van der Waals surface area contributed by atoms with Gasteiger partial charge in [0.1, 0.15) is 18.0 Å². The van der Waals surface area contributed by atoms with E-state index >= 15 is 0 Å². The second kappa shape index (κ2) is 7.47. The van der Waals surface area contributed by atoms with Crippen LogP contribution < -0.4 is 15.2 Å². The van der Waals surface area contributed by atoms with Gasteiger partial charge in [-0.2, -0.15) is 4.68 Å². The van der Waals surface area contributed by atoms with E-state index in [1.165, 1.54) is 32.8 Å². The Morgan fingerprint density at radius 3 is 2.45 bits per heavy atom. The minimum atomic E-state index is -3.74. The van der Waals surface area contributed by atoms with E-state index in [1.807, 2.05) is 0 Å². The number of fused-ring (bicyclic) bond motifs is 1. The lowest BCUT2D eigenvalue weighted by Crippen LogP contribution is -2.43. The smallest absolute Gasteiger partial charge is 0.350 e. The maximum absolute atomic E-state index is 13.0. The summed E-state index contributed by atoms with van der Waals surface area (Å²) in [5.41, 5.74) is 0.281. The molecular weight excluding hydrogens is 396 g/mol. The second-order valence-corrected chi connectivity index (χ2v) is 8.42. The molecule has 2 aromatic carbocycles. The van der Waals surface area contributed by atoms with Crippen LogP contribution >= 0.6 is 0 Å². The summed E-state index contributed by atoms with van der Waals surface area (Å²) >= 11 is 0. The van der Waals surface area contributed by atoms with E-state index in [9.17, 15) is 13.6 Å². The van der Waals surface area contributed by atoms with Gasteiger partial charge in [0, 0.05) is 12.6 Å². The molecule has 1 unspecified atom stereocenters. The lowest BCUT2D eigenvalue weighted by Gasteiger charge is -2.29. The van der Waals surface area contributed by atoms with E-state index in [2.05, 4.69) is 5.10 Å². The number of ether oxygens (including phenoxy) is 2. The minimum absolute atomic E-state index is 0.0118. The van der Waals surface area contributed by atoms with Gasteiger partial charge in [0.15, 0.2) is 21.1 Å². The van der Waals surface area contributed by atoms with Crippen LogP contribution in [0.2, 0.25) is 0 Å². The van der Waals surface area contributed by atoms with Gasteiger partial charge < -0.3 is 14.0 Å². The van der Waals surface area contributed by atoms with Crippen LogP contribution in [0.3, 0.4) is 0 Å². The van der Waals surface area contributed by atoms with Gasteiger partial charge in [-0.1, -0.05) is 10.3 Å². The van der Waals surface area contributed by atoms with Crippen LogP contribution in [0.25, 0.3) is 5.69 Å². The van der Waals surface area contributed by atoms with Crippen LogP contribution in [0, 0.1) is 0 Å². The van der Waals surface area contributed by atoms with Crippen molar-refractivity contribution < 1.29 is 18.2 Å². The van der Waals surface area contributed by atoms with E-state index in [1.54, 1.807) is 43.5 Å². The highest BCUT2D eigenvalue weighted by molar-refractivity contribution is 7.95. The molecule has 0 aliphatic carbocycles. The van der Waals surface area contributed by atoms with Gasteiger partial charge in [-0.05, 0) is 36.4 Å². The van der Waals surface area contributed by atoms with Crippen molar-refractivity contribution in [3.63, 3.8) is 0 Å². The third kappa shape index (κ3) is 3.46. The second-order valence-electron chi connectivity index (χ2n) is 6.48. The summed E-state index contributed by atoms with van der Waals surface area (Å²) in [5.74, 6) is 1.52. The summed E-state index contributed by atoms with van der Waals surface area (Å²) in [6.07, 6.45) is 0. The number of methoxy groups -OCH3 is 2. The van der Waals surface area contributed by atoms with Gasteiger partial charge in [0.2, 0.25) is 0 Å². The molecule has 2 heterocycles. The zero-order valence-electron chi connectivity index (χ0n) is 16.0. The predicted molar refractivity (Wildman–Crippen MR) is 105 cm³/mol. The fraction of sp³-hybridized carbons (Fsp3) is 0.263. The van der Waals surface area contributed by atoms with E-state index in [4.69, 9.17) is 9.47 Å². The Labute approximate surface area is 168 Å². The average Bonchev–Trinajstić information content (AvgIpc) is 3.09. The number of hydrogen-bond donors (Lipinski definition) is 0. The zero-order valence-corrected chi connectivity index (χ0v) is 16.8. The van der Waals surface area contributed by atoms with Gasteiger partial charge in [0.05, 0.1) is 26.5 Å². The Balaban J connectivity index is 1.64. The Kier molecular flexibility index (Phi) is 4.99. The summed E-state index contributed by atoms with van der Waals surface area (Å²) in [6, 6.07) is 13.2. The quantitative estimate of drug-likeness (QED) is 0.584. The number of benzene rings is 2. The molecule has 29 heavy (non-hydrogen) atoms. The summed E-state index contributed by atoms with van der Waals surface area (Å²) in [6.45, 7) is 0.423. The van der Waals surface area contributed by atoms with Gasteiger partial charge in [-0.25, -0.2) is 4.79 Å². The molecule has 0 spiro atoms. The van der Waals surface area contributed by atoms with Crippen LogP contribution in [0.4, 0.5) is 0 Å². The number of aromatic nitrogens is 3. The summed E-state index contributed by atoms with van der Waals surface area (Å²) < 4.78 is 40.4. The maximum atomic E-state index is 13.0. The molecule has 9 nitrogen and oxygen atoms in total. The molecule has 0 N–H and O–H groups in total. The Bertz CT molecular complexity index is 1140. The monoisotopic (exact) mass is 416 g/mol. The summed E-state index contributed by atoms with van der Waals surface area (Å²) in [4.78, 5) is 12.9. The molecule has 0 saturated carbocycles. The Morgan fingerprint density at radius 1 is 1.03 bits per heavy atom. The first-order chi connectivity index (χ1) is 13.9. The molecule has 4 rings (SSSR count). The predicted octanol–water partition coefficient (Wildman–Crippen LogP) is 1.47. The average molecular weight is 416 g/mol. The van der Waals surface area contributed by atoms with Gasteiger partial charge in [-0.15, -0.1) is 9.40 Å².